The highest BCUT2D eigenvalue weighted by Crippen LogP contribution is 2.58. The maximum absolute atomic E-state index is 13.3. The summed E-state index contributed by atoms with van der Waals surface area (Å²) in [4.78, 5) is 21.4. The summed E-state index contributed by atoms with van der Waals surface area (Å²) in [5.74, 6) is -0.727. The van der Waals surface area contributed by atoms with Gasteiger partial charge in [-0.15, -0.1) is 0 Å². The van der Waals surface area contributed by atoms with E-state index in [1.54, 1.807) is 6.07 Å². The molecule has 0 unspecified atom stereocenters. The summed E-state index contributed by atoms with van der Waals surface area (Å²) in [6, 6.07) is 1.70. The number of amides is 2. The van der Waals surface area contributed by atoms with Crippen molar-refractivity contribution in [2.24, 2.45) is 5.41 Å². The van der Waals surface area contributed by atoms with Crippen molar-refractivity contribution in [1.29, 1.82) is 0 Å². The molecule has 2 aromatic heterocycles. The van der Waals surface area contributed by atoms with E-state index in [0.717, 1.165) is 10.3 Å². The number of halogens is 3. The minimum absolute atomic E-state index is 0.0744. The van der Waals surface area contributed by atoms with E-state index < -0.39 is 47.5 Å². The van der Waals surface area contributed by atoms with Crippen LogP contribution in [0.3, 0.4) is 0 Å². The standard InChI is InChI=1S/C23H35F3N6O4SSi/c1-38(2,3)12-11-36-16-31-10-6-18-20(31)27-13-19(29-18)30-21(33)28-17-5-4-9-32(14-17)37(34,35)15-22(7-8-22)23(24,25)26/h6,10,13,17H,4-5,7-9,11-12,14-16H2,1-3H3,(H2,28,29,30,33)/t17-/m0/s1. The maximum atomic E-state index is 13.3. The van der Waals surface area contributed by atoms with Gasteiger partial charge in [-0.2, -0.15) is 17.5 Å². The molecule has 2 amide bonds. The lowest BCUT2D eigenvalue weighted by Gasteiger charge is -2.33. The number of nitrogens with one attached hydrogen (secondary N) is 2. The van der Waals surface area contributed by atoms with Gasteiger partial charge in [0.15, 0.2) is 11.5 Å². The van der Waals surface area contributed by atoms with E-state index in [-0.39, 0.29) is 31.7 Å². The van der Waals surface area contributed by atoms with Crippen LogP contribution in [0.5, 0.6) is 0 Å². The molecule has 15 heteroatoms. The summed E-state index contributed by atoms with van der Waals surface area (Å²) < 4.78 is 74.0. The maximum Gasteiger partial charge on any atom is 0.395 e. The molecular formula is C23H35F3N6O4SSi. The van der Waals surface area contributed by atoms with Crippen LogP contribution in [0.4, 0.5) is 23.8 Å². The summed E-state index contributed by atoms with van der Waals surface area (Å²) in [6.07, 6.45) is -0.716. The number of hydrogen-bond acceptors (Lipinski definition) is 6. The van der Waals surface area contributed by atoms with Crippen LogP contribution in [0.2, 0.25) is 25.7 Å². The third-order valence-corrected chi connectivity index (χ3v) is 10.7. The van der Waals surface area contributed by atoms with Gasteiger partial charge < -0.3 is 14.6 Å². The number of carbonyl (C=O) groups is 1. The van der Waals surface area contributed by atoms with Gasteiger partial charge >= 0.3 is 12.2 Å². The van der Waals surface area contributed by atoms with E-state index in [0.29, 0.717) is 37.3 Å². The summed E-state index contributed by atoms with van der Waals surface area (Å²) in [6.45, 7) is 7.93. The van der Waals surface area contributed by atoms with Crippen molar-refractivity contribution in [3.63, 3.8) is 0 Å². The zero-order valence-corrected chi connectivity index (χ0v) is 23.7. The van der Waals surface area contributed by atoms with Crippen LogP contribution in [0.15, 0.2) is 18.5 Å². The van der Waals surface area contributed by atoms with Crippen LogP contribution in [-0.4, -0.2) is 79.0 Å². The number of anilines is 1. The van der Waals surface area contributed by atoms with Crippen LogP contribution in [0, 0.1) is 5.41 Å². The van der Waals surface area contributed by atoms with Gasteiger partial charge in [-0.05, 0) is 37.8 Å². The number of piperidine rings is 1. The third kappa shape index (κ3) is 7.04. The molecule has 1 saturated carbocycles. The Hall–Kier alpha value is -2.23. The zero-order valence-electron chi connectivity index (χ0n) is 21.8. The Bertz CT molecular complexity index is 1260. The van der Waals surface area contributed by atoms with Gasteiger partial charge in [0.25, 0.3) is 0 Å². The number of urea groups is 1. The van der Waals surface area contributed by atoms with Crippen molar-refractivity contribution >= 4 is 41.1 Å². The normalized spacial score (nSPS) is 20.4. The lowest BCUT2D eigenvalue weighted by Crippen LogP contribution is -2.52. The van der Waals surface area contributed by atoms with E-state index in [1.165, 1.54) is 6.20 Å². The van der Waals surface area contributed by atoms with E-state index in [4.69, 9.17) is 4.74 Å². The lowest BCUT2D eigenvalue weighted by atomic mass is 10.1. The van der Waals surface area contributed by atoms with Gasteiger partial charge in [0.1, 0.15) is 12.2 Å². The van der Waals surface area contributed by atoms with Crippen LogP contribution < -0.4 is 10.6 Å². The Morgan fingerprint density at radius 3 is 2.68 bits per heavy atom. The molecule has 2 aliphatic rings. The first-order valence-electron chi connectivity index (χ1n) is 12.7. The fraction of sp³-hybridized carbons (Fsp3) is 0.696. The first kappa shape index (κ1) is 28.8. The van der Waals surface area contributed by atoms with Gasteiger partial charge in [-0.1, -0.05) is 19.6 Å². The SMILES string of the molecule is C[Si](C)(C)CCOCn1ccc2nc(NC(=O)N[C@H]3CCCN(S(=O)(=O)CC4(C(F)(F)F)CC4)C3)cnc21. The van der Waals surface area contributed by atoms with Crippen LogP contribution in [-0.2, 0) is 21.5 Å². The van der Waals surface area contributed by atoms with E-state index in [9.17, 15) is 26.4 Å². The van der Waals surface area contributed by atoms with Crippen molar-refractivity contribution < 1.29 is 31.1 Å². The number of sulfonamides is 1. The monoisotopic (exact) mass is 576 g/mol. The fourth-order valence-corrected chi connectivity index (χ4v) is 7.32. The summed E-state index contributed by atoms with van der Waals surface area (Å²) in [5, 5.41) is 5.31. The van der Waals surface area contributed by atoms with Crippen molar-refractivity contribution in [3.05, 3.63) is 18.5 Å². The number of alkyl halides is 3. The second kappa shape index (κ2) is 10.7. The Kier molecular flexibility index (Phi) is 8.13. The molecule has 38 heavy (non-hydrogen) atoms. The molecule has 0 bridgehead atoms. The Morgan fingerprint density at radius 1 is 1.29 bits per heavy atom. The number of ether oxygens (including phenoxy) is 1. The molecule has 0 radical (unpaired) electrons. The minimum atomic E-state index is -4.54. The predicted octanol–water partition coefficient (Wildman–Crippen LogP) is 4.00. The van der Waals surface area contributed by atoms with Gasteiger partial charge in [0.05, 0.1) is 17.4 Å². The molecule has 1 atom stereocenters. The second-order valence-corrected chi connectivity index (χ2v) is 19.0. The molecule has 2 aromatic rings. The topological polar surface area (TPSA) is 118 Å². The highest BCUT2D eigenvalue weighted by atomic mass is 32.2. The molecule has 212 valence electrons. The van der Waals surface area contributed by atoms with Crippen molar-refractivity contribution in [2.75, 3.05) is 30.8 Å². The Morgan fingerprint density at radius 2 is 2.03 bits per heavy atom. The number of rotatable bonds is 10. The highest BCUT2D eigenvalue weighted by Gasteiger charge is 2.65. The van der Waals surface area contributed by atoms with E-state index >= 15 is 0 Å². The lowest BCUT2D eigenvalue weighted by molar-refractivity contribution is -0.180. The van der Waals surface area contributed by atoms with Gasteiger partial charge in [-0.25, -0.2) is 23.2 Å². The quantitative estimate of drug-likeness (QED) is 0.326. The molecular weight excluding hydrogens is 541 g/mol. The van der Waals surface area contributed by atoms with Crippen LogP contribution in [0.25, 0.3) is 11.2 Å². The molecule has 4 rings (SSSR count). The molecule has 2 fully saturated rings. The molecule has 0 spiro atoms. The average Bonchev–Trinajstić information content (AvgIpc) is 3.48. The Labute approximate surface area is 221 Å². The summed E-state index contributed by atoms with van der Waals surface area (Å²) >= 11 is 0. The largest absolute Gasteiger partial charge is 0.395 e. The molecule has 3 heterocycles. The first-order chi connectivity index (χ1) is 17.7. The predicted molar refractivity (Wildman–Crippen MR) is 140 cm³/mol. The van der Waals surface area contributed by atoms with Crippen LogP contribution in [0.1, 0.15) is 25.7 Å². The fourth-order valence-electron chi connectivity index (χ4n) is 4.42. The van der Waals surface area contributed by atoms with Crippen molar-refractivity contribution in [3.8, 4) is 0 Å². The smallest absolute Gasteiger partial charge is 0.361 e. The number of fused-ring (bicyclic) bond motifs is 1. The van der Waals surface area contributed by atoms with Gasteiger partial charge in [0, 0.05) is 40.0 Å². The molecule has 1 aliphatic carbocycles. The number of nitrogens with zero attached hydrogens (tertiary/aromatic N) is 4. The molecule has 10 nitrogen and oxygen atoms in total. The molecule has 2 N–H and O–H groups in total. The number of carbonyl (C=O) groups excluding carboxylic acids is 1. The van der Waals surface area contributed by atoms with Crippen molar-refractivity contribution in [2.45, 2.75) is 70.3 Å². The highest BCUT2D eigenvalue weighted by molar-refractivity contribution is 7.89. The number of hydrogen-bond donors (Lipinski definition) is 2. The Balaban J connectivity index is 1.30. The average molecular weight is 577 g/mol. The third-order valence-electron chi connectivity index (χ3n) is 6.96. The van der Waals surface area contributed by atoms with Gasteiger partial charge in [-0.3, -0.25) is 5.32 Å². The van der Waals surface area contributed by atoms with Crippen LogP contribution >= 0.6 is 0 Å². The van der Waals surface area contributed by atoms with Gasteiger partial charge in [0.2, 0.25) is 10.0 Å². The summed E-state index contributed by atoms with van der Waals surface area (Å²) in [7, 11) is -5.30. The molecule has 1 saturated heterocycles. The molecule has 1 aliphatic heterocycles. The van der Waals surface area contributed by atoms with E-state index in [1.807, 2.05) is 10.8 Å². The first-order valence-corrected chi connectivity index (χ1v) is 18.0. The minimum Gasteiger partial charge on any atom is -0.361 e. The second-order valence-electron chi connectivity index (χ2n) is 11.4. The molecule has 0 aromatic carbocycles. The van der Waals surface area contributed by atoms with E-state index in [2.05, 4.69) is 40.2 Å². The van der Waals surface area contributed by atoms with Crippen molar-refractivity contribution in [1.82, 2.24) is 24.2 Å². The summed E-state index contributed by atoms with van der Waals surface area (Å²) in [5.41, 5.74) is -0.950. The zero-order chi connectivity index (χ0) is 27.8. The number of aromatic nitrogens is 3.